The smallest absolute Gasteiger partial charge is 0.225 e. The van der Waals surface area contributed by atoms with Crippen molar-refractivity contribution in [1.82, 2.24) is 0 Å². The van der Waals surface area contributed by atoms with Crippen molar-refractivity contribution in [2.24, 2.45) is 0 Å². The second-order valence-corrected chi connectivity index (χ2v) is 3.96. The fraction of sp³-hybridized carbons (Fsp3) is 0.333. The Hall–Kier alpha value is -1.31. The molecular formula is C12H14NO. The number of rotatable bonds is 1. The van der Waals surface area contributed by atoms with Gasteiger partial charge in [0, 0.05) is 18.5 Å². The summed E-state index contributed by atoms with van der Waals surface area (Å²) in [6.45, 7) is 4.34. The van der Waals surface area contributed by atoms with Crippen molar-refractivity contribution >= 4 is 11.6 Å². The first-order chi connectivity index (χ1) is 6.66. The number of amides is 1. The standard InChI is InChI=1S/C12H14NO/c1-8(2)9-3-5-11-10(7-9)4-6-12(14)13-11/h3-5,7-8H,6H2,1-2H3,(H,13,14). The van der Waals surface area contributed by atoms with Crippen LogP contribution in [-0.2, 0) is 4.79 Å². The maximum Gasteiger partial charge on any atom is 0.225 e. The summed E-state index contributed by atoms with van der Waals surface area (Å²) in [5.41, 5.74) is 3.40. The summed E-state index contributed by atoms with van der Waals surface area (Å²) >= 11 is 0. The van der Waals surface area contributed by atoms with E-state index in [0.29, 0.717) is 12.3 Å². The second-order valence-electron chi connectivity index (χ2n) is 3.96. The molecular weight excluding hydrogens is 174 g/mol. The van der Waals surface area contributed by atoms with Gasteiger partial charge in [-0.25, -0.2) is 0 Å². The Morgan fingerprint density at radius 2 is 2.14 bits per heavy atom. The summed E-state index contributed by atoms with van der Waals surface area (Å²) in [6, 6.07) is 6.21. The van der Waals surface area contributed by atoms with E-state index in [0.717, 1.165) is 11.3 Å². The van der Waals surface area contributed by atoms with Gasteiger partial charge in [-0.05, 0) is 23.1 Å². The third-order valence-corrected chi connectivity index (χ3v) is 2.52. The monoisotopic (exact) mass is 188 g/mol. The number of anilines is 1. The van der Waals surface area contributed by atoms with Gasteiger partial charge < -0.3 is 5.32 Å². The van der Waals surface area contributed by atoms with E-state index >= 15 is 0 Å². The van der Waals surface area contributed by atoms with Crippen molar-refractivity contribution in [2.75, 3.05) is 5.32 Å². The summed E-state index contributed by atoms with van der Waals surface area (Å²) in [7, 11) is 0. The molecule has 1 heterocycles. The van der Waals surface area contributed by atoms with Crippen LogP contribution in [0.1, 0.15) is 37.3 Å². The molecule has 1 aliphatic rings. The molecule has 0 saturated heterocycles. The zero-order chi connectivity index (χ0) is 10.1. The molecule has 1 aromatic carbocycles. The number of hydrogen-bond acceptors (Lipinski definition) is 1. The summed E-state index contributed by atoms with van der Waals surface area (Å²) in [6.07, 6.45) is 2.48. The minimum atomic E-state index is 0.0785. The molecule has 1 radical (unpaired) electrons. The fourth-order valence-electron chi connectivity index (χ4n) is 1.63. The number of benzene rings is 1. The summed E-state index contributed by atoms with van der Waals surface area (Å²) in [4.78, 5) is 11.1. The largest absolute Gasteiger partial charge is 0.326 e. The van der Waals surface area contributed by atoms with Crippen molar-refractivity contribution in [2.45, 2.75) is 26.2 Å². The van der Waals surface area contributed by atoms with Gasteiger partial charge in [0.05, 0.1) is 0 Å². The Labute approximate surface area is 84.3 Å². The maximum atomic E-state index is 11.1. The lowest BCUT2D eigenvalue weighted by molar-refractivity contribution is -0.115. The van der Waals surface area contributed by atoms with Crippen molar-refractivity contribution in [1.29, 1.82) is 0 Å². The van der Waals surface area contributed by atoms with Crippen LogP contribution >= 0.6 is 0 Å². The van der Waals surface area contributed by atoms with Crippen LogP contribution < -0.4 is 5.32 Å². The second kappa shape index (κ2) is 3.45. The Morgan fingerprint density at radius 3 is 2.86 bits per heavy atom. The molecule has 0 aromatic heterocycles. The first-order valence-corrected chi connectivity index (χ1v) is 4.94. The Kier molecular flexibility index (Phi) is 2.28. The molecule has 73 valence electrons. The van der Waals surface area contributed by atoms with Gasteiger partial charge in [0.25, 0.3) is 0 Å². The number of carbonyl (C=O) groups is 1. The molecule has 1 amide bonds. The van der Waals surface area contributed by atoms with E-state index in [2.05, 4.69) is 31.3 Å². The van der Waals surface area contributed by atoms with Crippen LogP contribution in [0.2, 0.25) is 0 Å². The number of carbonyl (C=O) groups excluding carboxylic acids is 1. The molecule has 0 saturated carbocycles. The number of hydrogen-bond donors (Lipinski definition) is 1. The van der Waals surface area contributed by atoms with Crippen molar-refractivity contribution < 1.29 is 4.79 Å². The van der Waals surface area contributed by atoms with Crippen LogP contribution in [0.25, 0.3) is 0 Å². The average molecular weight is 188 g/mol. The van der Waals surface area contributed by atoms with Gasteiger partial charge in [0.1, 0.15) is 0 Å². The van der Waals surface area contributed by atoms with E-state index < -0.39 is 0 Å². The predicted molar refractivity (Wildman–Crippen MR) is 57.2 cm³/mol. The molecule has 14 heavy (non-hydrogen) atoms. The van der Waals surface area contributed by atoms with Gasteiger partial charge in [-0.3, -0.25) is 4.79 Å². The highest BCUT2D eigenvalue weighted by Gasteiger charge is 2.15. The molecule has 0 bridgehead atoms. The average Bonchev–Trinajstić information content (AvgIpc) is 2.16. The van der Waals surface area contributed by atoms with E-state index in [1.165, 1.54) is 5.56 Å². The molecule has 2 nitrogen and oxygen atoms in total. The van der Waals surface area contributed by atoms with E-state index in [9.17, 15) is 4.79 Å². The molecule has 0 spiro atoms. The van der Waals surface area contributed by atoms with Crippen molar-refractivity contribution in [3.63, 3.8) is 0 Å². The lowest BCUT2D eigenvalue weighted by Gasteiger charge is -2.18. The Bertz CT molecular complexity index is 369. The lowest BCUT2D eigenvalue weighted by Crippen LogP contribution is -2.17. The molecule has 0 atom stereocenters. The Morgan fingerprint density at radius 1 is 1.36 bits per heavy atom. The maximum absolute atomic E-state index is 11.1. The molecule has 1 aromatic rings. The molecule has 0 aliphatic carbocycles. The van der Waals surface area contributed by atoms with E-state index in [-0.39, 0.29) is 5.91 Å². The third-order valence-electron chi connectivity index (χ3n) is 2.52. The zero-order valence-electron chi connectivity index (χ0n) is 8.50. The first-order valence-electron chi connectivity index (χ1n) is 4.94. The van der Waals surface area contributed by atoms with E-state index in [1.807, 2.05) is 12.5 Å². The minimum absolute atomic E-state index is 0.0785. The van der Waals surface area contributed by atoms with Crippen LogP contribution in [0.5, 0.6) is 0 Å². The molecule has 2 heteroatoms. The number of nitrogens with one attached hydrogen (secondary N) is 1. The van der Waals surface area contributed by atoms with Crippen molar-refractivity contribution in [3.05, 3.63) is 35.7 Å². The van der Waals surface area contributed by atoms with Gasteiger partial charge in [0.15, 0.2) is 0 Å². The topological polar surface area (TPSA) is 29.1 Å². The highest BCUT2D eigenvalue weighted by Crippen LogP contribution is 2.27. The highest BCUT2D eigenvalue weighted by molar-refractivity contribution is 5.95. The minimum Gasteiger partial charge on any atom is -0.326 e. The molecule has 2 rings (SSSR count). The van der Waals surface area contributed by atoms with Gasteiger partial charge in [0.2, 0.25) is 5.91 Å². The van der Waals surface area contributed by atoms with Crippen LogP contribution in [0.15, 0.2) is 18.2 Å². The highest BCUT2D eigenvalue weighted by atomic mass is 16.1. The van der Waals surface area contributed by atoms with E-state index in [1.54, 1.807) is 0 Å². The lowest BCUT2D eigenvalue weighted by atomic mass is 9.95. The fourth-order valence-corrected chi connectivity index (χ4v) is 1.63. The van der Waals surface area contributed by atoms with Gasteiger partial charge in [-0.1, -0.05) is 26.0 Å². The summed E-state index contributed by atoms with van der Waals surface area (Å²) in [5.74, 6) is 0.612. The first kappa shape index (κ1) is 9.25. The zero-order valence-corrected chi connectivity index (χ0v) is 8.50. The van der Waals surface area contributed by atoms with Gasteiger partial charge in [-0.2, -0.15) is 0 Å². The van der Waals surface area contributed by atoms with E-state index in [4.69, 9.17) is 0 Å². The summed E-state index contributed by atoms with van der Waals surface area (Å²) < 4.78 is 0. The number of fused-ring (bicyclic) bond motifs is 1. The normalized spacial score (nSPS) is 15.2. The molecule has 0 unspecified atom stereocenters. The SMILES string of the molecule is CC(C)c1ccc2c(c1)[CH]CC(=O)N2. The van der Waals surface area contributed by atoms with Gasteiger partial charge in [-0.15, -0.1) is 0 Å². The van der Waals surface area contributed by atoms with Crippen LogP contribution in [0, 0.1) is 6.42 Å². The molecule has 1 N–H and O–H groups in total. The van der Waals surface area contributed by atoms with Crippen LogP contribution in [0.4, 0.5) is 5.69 Å². The van der Waals surface area contributed by atoms with Gasteiger partial charge >= 0.3 is 0 Å². The quantitative estimate of drug-likeness (QED) is 0.721. The van der Waals surface area contributed by atoms with Crippen molar-refractivity contribution in [3.8, 4) is 0 Å². The Balaban J connectivity index is 2.36. The summed E-state index contributed by atoms with van der Waals surface area (Å²) in [5, 5.41) is 2.86. The van der Waals surface area contributed by atoms with Crippen LogP contribution in [-0.4, -0.2) is 5.91 Å². The predicted octanol–water partition coefficient (Wildman–Crippen LogP) is 2.70. The third kappa shape index (κ3) is 1.65. The van der Waals surface area contributed by atoms with Crippen LogP contribution in [0.3, 0.4) is 0 Å². The molecule has 1 aliphatic heterocycles. The molecule has 0 fully saturated rings.